The number of carbonyl (C=O) groups is 1. The van der Waals surface area contributed by atoms with Crippen molar-refractivity contribution in [1.82, 2.24) is 14.9 Å². The summed E-state index contributed by atoms with van der Waals surface area (Å²) in [6, 6.07) is 7.13. The van der Waals surface area contributed by atoms with Crippen LogP contribution in [0.2, 0.25) is 5.15 Å². The number of nitrogen functional groups attached to an aromatic ring is 1. The van der Waals surface area contributed by atoms with Crippen LogP contribution < -0.4 is 5.73 Å². The van der Waals surface area contributed by atoms with Crippen LogP contribution in [0.3, 0.4) is 0 Å². The van der Waals surface area contributed by atoms with Gasteiger partial charge < -0.3 is 10.6 Å². The van der Waals surface area contributed by atoms with Crippen LogP contribution >= 0.6 is 11.6 Å². The molecule has 0 saturated heterocycles. The molecular formula is C14H15ClN4O. The Kier molecular flexibility index (Phi) is 4.53. The summed E-state index contributed by atoms with van der Waals surface area (Å²) in [5.41, 5.74) is 7.19. The predicted octanol–water partition coefficient (Wildman–Crippen LogP) is 2.37. The SMILES string of the molecule is CCN(Cc1ccccn1)C(=O)c1cc(N)cnc1Cl. The third-order valence-electron chi connectivity index (χ3n) is 2.84. The first kappa shape index (κ1) is 14.3. The summed E-state index contributed by atoms with van der Waals surface area (Å²) < 4.78 is 0. The lowest BCUT2D eigenvalue weighted by molar-refractivity contribution is 0.0750. The molecule has 2 aromatic heterocycles. The molecule has 6 heteroatoms. The monoisotopic (exact) mass is 290 g/mol. The Labute approximate surface area is 122 Å². The Hall–Kier alpha value is -2.14. The third-order valence-corrected chi connectivity index (χ3v) is 3.14. The van der Waals surface area contributed by atoms with Crippen LogP contribution in [0.5, 0.6) is 0 Å². The Morgan fingerprint density at radius 3 is 2.85 bits per heavy atom. The largest absolute Gasteiger partial charge is 0.397 e. The second-order valence-electron chi connectivity index (χ2n) is 4.25. The molecule has 0 atom stereocenters. The molecule has 0 aliphatic rings. The highest BCUT2D eigenvalue weighted by Crippen LogP contribution is 2.18. The van der Waals surface area contributed by atoms with Crippen LogP contribution in [-0.4, -0.2) is 27.3 Å². The van der Waals surface area contributed by atoms with Gasteiger partial charge in [0.05, 0.1) is 29.7 Å². The van der Waals surface area contributed by atoms with E-state index in [1.54, 1.807) is 17.2 Å². The van der Waals surface area contributed by atoms with Crippen LogP contribution in [0.25, 0.3) is 0 Å². The molecule has 0 aliphatic heterocycles. The quantitative estimate of drug-likeness (QED) is 0.878. The van der Waals surface area contributed by atoms with E-state index in [0.717, 1.165) is 5.69 Å². The Morgan fingerprint density at radius 2 is 2.20 bits per heavy atom. The van der Waals surface area contributed by atoms with Gasteiger partial charge in [0.1, 0.15) is 5.15 Å². The summed E-state index contributed by atoms with van der Waals surface area (Å²) in [6.07, 6.45) is 3.12. The van der Waals surface area contributed by atoms with E-state index < -0.39 is 0 Å². The molecule has 20 heavy (non-hydrogen) atoms. The first-order valence-corrected chi connectivity index (χ1v) is 6.59. The number of nitrogens with zero attached hydrogens (tertiary/aromatic N) is 3. The van der Waals surface area contributed by atoms with Crippen molar-refractivity contribution in [3.8, 4) is 0 Å². The maximum atomic E-state index is 12.5. The van der Waals surface area contributed by atoms with Gasteiger partial charge in [-0.2, -0.15) is 0 Å². The molecule has 0 radical (unpaired) electrons. The Morgan fingerprint density at radius 1 is 1.40 bits per heavy atom. The van der Waals surface area contributed by atoms with Crippen LogP contribution in [0.1, 0.15) is 23.0 Å². The third kappa shape index (κ3) is 3.24. The normalized spacial score (nSPS) is 10.3. The Balaban J connectivity index is 2.23. The molecule has 104 valence electrons. The lowest BCUT2D eigenvalue weighted by Crippen LogP contribution is -2.31. The summed E-state index contributed by atoms with van der Waals surface area (Å²) >= 11 is 5.97. The van der Waals surface area contributed by atoms with Crippen molar-refractivity contribution in [2.75, 3.05) is 12.3 Å². The molecule has 2 N–H and O–H groups in total. The van der Waals surface area contributed by atoms with Crippen molar-refractivity contribution in [1.29, 1.82) is 0 Å². The highest BCUT2D eigenvalue weighted by molar-refractivity contribution is 6.32. The molecule has 5 nitrogen and oxygen atoms in total. The maximum Gasteiger partial charge on any atom is 0.257 e. The number of carbonyl (C=O) groups excluding carboxylic acids is 1. The molecule has 0 aliphatic carbocycles. The van der Waals surface area contributed by atoms with Gasteiger partial charge in [0.15, 0.2) is 0 Å². The highest BCUT2D eigenvalue weighted by atomic mass is 35.5. The lowest BCUT2D eigenvalue weighted by Gasteiger charge is -2.21. The van der Waals surface area contributed by atoms with E-state index in [4.69, 9.17) is 17.3 Å². The second-order valence-corrected chi connectivity index (χ2v) is 4.61. The number of aromatic nitrogens is 2. The number of rotatable bonds is 4. The van der Waals surface area contributed by atoms with Crippen molar-refractivity contribution in [2.24, 2.45) is 0 Å². The topological polar surface area (TPSA) is 72.1 Å². The second kappa shape index (κ2) is 6.34. The number of halogens is 1. The van der Waals surface area contributed by atoms with Gasteiger partial charge >= 0.3 is 0 Å². The predicted molar refractivity (Wildman–Crippen MR) is 78.3 cm³/mol. The number of nitrogens with two attached hydrogens (primary N) is 1. The van der Waals surface area contributed by atoms with E-state index in [9.17, 15) is 4.79 Å². The maximum absolute atomic E-state index is 12.5. The number of anilines is 1. The first-order chi connectivity index (χ1) is 9.61. The van der Waals surface area contributed by atoms with Crippen LogP contribution in [0.4, 0.5) is 5.69 Å². The molecule has 0 saturated carbocycles. The van der Waals surface area contributed by atoms with E-state index >= 15 is 0 Å². The molecule has 0 fully saturated rings. The molecule has 0 bridgehead atoms. The van der Waals surface area contributed by atoms with Crippen molar-refractivity contribution in [3.63, 3.8) is 0 Å². The van der Waals surface area contributed by atoms with E-state index in [-0.39, 0.29) is 11.1 Å². The van der Waals surface area contributed by atoms with Crippen LogP contribution in [-0.2, 0) is 6.54 Å². The van der Waals surface area contributed by atoms with E-state index in [1.165, 1.54) is 6.20 Å². The Bertz CT molecular complexity index is 603. The van der Waals surface area contributed by atoms with Gasteiger partial charge in [-0.1, -0.05) is 17.7 Å². The molecule has 2 rings (SSSR count). The van der Waals surface area contributed by atoms with Gasteiger partial charge in [0.2, 0.25) is 0 Å². The van der Waals surface area contributed by atoms with Gasteiger partial charge in [-0.15, -0.1) is 0 Å². The van der Waals surface area contributed by atoms with Crippen LogP contribution in [0, 0.1) is 0 Å². The van der Waals surface area contributed by atoms with E-state index in [0.29, 0.717) is 24.3 Å². The summed E-state index contributed by atoms with van der Waals surface area (Å²) in [6.45, 7) is 2.86. The summed E-state index contributed by atoms with van der Waals surface area (Å²) in [5, 5.41) is 0.156. The fourth-order valence-corrected chi connectivity index (χ4v) is 1.98. The fourth-order valence-electron chi connectivity index (χ4n) is 1.80. The van der Waals surface area contributed by atoms with Gasteiger partial charge in [0.25, 0.3) is 5.91 Å². The van der Waals surface area contributed by atoms with Gasteiger partial charge in [-0.3, -0.25) is 9.78 Å². The van der Waals surface area contributed by atoms with E-state index in [1.807, 2.05) is 25.1 Å². The zero-order valence-corrected chi connectivity index (χ0v) is 11.8. The zero-order valence-electron chi connectivity index (χ0n) is 11.1. The smallest absolute Gasteiger partial charge is 0.257 e. The first-order valence-electron chi connectivity index (χ1n) is 6.22. The molecule has 0 aromatic carbocycles. The van der Waals surface area contributed by atoms with Gasteiger partial charge in [0, 0.05) is 12.7 Å². The molecule has 0 spiro atoms. The molecule has 0 unspecified atom stereocenters. The average molecular weight is 291 g/mol. The molecule has 2 aromatic rings. The number of hydrogen-bond acceptors (Lipinski definition) is 4. The van der Waals surface area contributed by atoms with Crippen LogP contribution in [0.15, 0.2) is 36.7 Å². The van der Waals surface area contributed by atoms with Gasteiger partial charge in [-0.25, -0.2) is 4.98 Å². The summed E-state index contributed by atoms with van der Waals surface area (Å²) in [4.78, 5) is 22.2. The number of pyridine rings is 2. The standard InChI is InChI=1S/C14H15ClN4O/c1-2-19(9-11-5-3-4-6-17-11)14(20)12-7-10(16)8-18-13(12)15/h3-8H,2,9,16H2,1H3. The average Bonchev–Trinajstić information content (AvgIpc) is 2.47. The van der Waals surface area contributed by atoms with Crippen molar-refractivity contribution in [3.05, 3.63) is 53.1 Å². The van der Waals surface area contributed by atoms with E-state index in [2.05, 4.69) is 9.97 Å². The summed E-state index contributed by atoms with van der Waals surface area (Å²) in [5.74, 6) is -0.206. The lowest BCUT2D eigenvalue weighted by atomic mass is 10.2. The molecular weight excluding hydrogens is 276 g/mol. The number of amides is 1. The van der Waals surface area contributed by atoms with Crippen molar-refractivity contribution >= 4 is 23.2 Å². The highest BCUT2D eigenvalue weighted by Gasteiger charge is 2.18. The number of hydrogen-bond donors (Lipinski definition) is 1. The molecule has 2 heterocycles. The minimum absolute atomic E-state index is 0.156. The molecule has 1 amide bonds. The zero-order chi connectivity index (χ0) is 14.5. The fraction of sp³-hybridized carbons (Fsp3) is 0.214. The minimum Gasteiger partial charge on any atom is -0.397 e. The van der Waals surface area contributed by atoms with Gasteiger partial charge in [-0.05, 0) is 25.1 Å². The van der Waals surface area contributed by atoms with Crippen molar-refractivity contribution in [2.45, 2.75) is 13.5 Å². The van der Waals surface area contributed by atoms with Crippen molar-refractivity contribution < 1.29 is 4.79 Å². The summed E-state index contributed by atoms with van der Waals surface area (Å²) in [7, 11) is 0. The minimum atomic E-state index is -0.206.